The maximum absolute atomic E-state index is 11.8. The number of hydrogen-bond donors (Lipinski definition) is 2. The number of carbonyl (C=O) groups excluding carboxylic acids is 1. The summed E-state index contributed by atoms with van der Waals surface area (Å²) in [7, 11) is 0. The van der Waals surface area contributed by atoms with Gasteiger partial charge in [-0.15, -0.1) is 0 Å². The van der Waals surface area contributed by atoms with Crippen LogP contribution >= 0.6 is 11.6 Å². The molecule has 1 aliphatic rings. The SMILES string of the molecule is CCOC(=O)C1Cc2[nH]c3c(Cl)cccc3c2CN1. The van der Waals surface area contributed by atoms with Gasteiger partial charge in [-0.05, 0) is 18.6 Å². The van der Waals surface area contributed by atoms with E-state index in [1.807, 2.05) is 25.1 Å². The summed E-state index contributed by atoms with van der Waals surface area (Å²) in [6.45, 7) is 2.87. The van der Waals surface area contributed by atoms with E-state index in [0.717, 1.165) is 16.6 Å². The molecule has 0 bridgehead atoms. The van der Waals surface area contributed by atoms with Crippen LogP contribution in [0.2, 0.25) is 5.02 Å². The van der Waals surface area contributed by atoms with Crippen LogP contribution in [-0.4, -0.2) is 23.6 Å². The molecule has 4 nitrogen and oxygen atoms in total. The van der Waals surface area contributed by atoms with Gasteiger partial charge in [0.1, 0.15) is 6.04 Å². The molecule has 19 heavy (non-hydrogen) atoms. The normalized spacial score (nSPS) is 18.3. The van der Waals surface area contributed by atoms with E-state index in [1.165, 1.54) is 5.56 Å². The van der Waals surface area contributed by atoms with Crippen molar-refractivity contribution in [2.45, 2.75) is 25.9 Å². The van der Waals surface area contributed by atoms with Gasteiger partial charge >= 0.3 is 5.97 Å². The number of ether oxygens (including phenoxy) is 1. The Labute approximate surface area is 116 Å². The van der Waals surface area contributed by atoms with Crippen molar-refractivity contribution >= 4 is 28.5 Å². The number of fused-ring (bicyclic) bond motifs is 3. The van der Waals surface area contributed by atoms with Crippen molar-refractivity contribution in [1.29, 1.82) is 0 Å². The quantitative estimate of drug-likeness (QED) is 0.830. The first-order valence-corrected chi connectivity index (χ1v) is 6.76. The van der Waals surface area contributed by atoms with E-state index in [9.17, 15) is 4.79 Å². The summed E-state index contributed by atoms with van der Waals surface area (Å²) >= 11 is 6.18. The number of nitrogens with one attached hydrogen (secondary N) is 2. The van der Waals surface area contributed by atoms with Gasteiger partial charge in [0.05, 0.1) is 17.1 Å². The zero-order chi connectivity index (χ0) is 13.4. The van der Waals surface area contributed by atoms with E-state index in [4.69, 9.17) is 16.3 Å². The van der Waals surface area contributed by atoms with E-state index in [2.05, 4.69) is 10.3 Å². The van der Waals surface area contributed by atoms with Crippen molar-refractivity contribution in [2.75, 3.05) is 6.61 Å². The van der Waals surface area contributed by atoms with Gasteiger partial charge in [-0.1, -0.05) is 23.7 Å². The van der Waals surface area contributed by atoms with Crippen LogP contribution < -0.4 is 5.32 Å². The monoisotopic (exact) mass is 278 g/mol. The zero-order valence-corrected chi connectivity index (χ0v) is 11.4. The minimum absolute atomic E-state index is 0.196. The number of halogens is 1. The number of hydrogen-bond acceptors (Lipinski definition) is 3. The third-order valence-electron chi connectivity index (χ3n) is 3.48. The predicted octanol–water partition coefficient (Wildman–Crippen LogP) is 2.40. The summed E-state index contributed by atoms with van der Waals surface area (Å²) in [6.07, 6.45) is 0.610. The second-order valence-electron chi connectivity index (χ2n) is 4.63. The number of aromatic amines is 1. The van der Waals surface area contributed by atoms with Crippen molar-refractivity contribution in [3.63, 3.8) is 0 Å². The molecule has 0 aliphatic carbocycles. The first kappa shape index (κ1) is 12.5. The molecular formula is C14H15ClN2O2. The molecule has 3 rings (SSSR count). The van der Waals surface area contributed by atoms with E-state index < -0.39 is 0 Å². The van der Waals surface area contributed by atoms with Gasteiger partial charge in [0, 0.05) is 24.0 Å². The van der Waals surface area contributed by atoms with Crippen molar-refractivity contribution in [3.8, 4) is 0 Å². The molecule has 0 saturated heterocycles. The number of esters is 1. The van der Waals surface area contributed by atoms with Crippen molar-refractivity contribution in [1.82, 2.24) is 10.3 Å². The van der Waals surface area contributed by atoms with E-state index >= 15 is 0 Å². The van der Waals surface area contributed by atoms with Crippen molar-refractivity contribution < 1.29 is 9.53 Å². The molecule has 100 valence electrons. The van der Waals surface area contributed by atoms with Crippen molar-refractivity contribution in [3.05, 3.63) is 34.5 Å². The number of carbonyl (C=O) groups is 1. The highest BCUT2D eigenvalue weighted by molar-refractivity contribution is 6.35. The molecule has 1 aromatic carbocycles. The van der Waals surface area contributed by atoms with E-state index in [-0.39, 0.29) is 12.0 Å². The molecule has 2 N–H and O–H groups in total. The molecule has 0 radical (unpaired) electrons. The van der Waals surface area contributed by atoms with Crippen LogP contribution in [0.25, 0.3) is 10.9 Å². The van der Waals surface area contributed by atoms with Crippen LogP contribution in [0.3, 0.4) is 0 Å². The van der Waals surface area contributed by atoms with Crippen molar-refractivity contribution in [2.24, 2.45) is 0 Å². The molecule has 0 fully saturated rings. The summed E-state index contributed by atoms with van der Waals surface area (Å²) in [6, 6.07) is 5.57. The Bertz CT molecular complexity index is 636. The van der Waals surface area contributed by atoms with Gasteiger partial charge in [-0.2, -0.15) is 0 Å². The highest BCUT2D eigenvalue weighted by atomic mass is 35.5. The predicted molar refractivity (Wildman–Crippen MR) is 74.3 cm³/mol. The van der Waals surface area contributed by atoms with Gasteiger partial charge in [-0.3, -0.25) is 10.1 Å². The van der Waals surface area contributed by atoms with E-state index in [0.29, 0.717) is 24.6 Å². The Morgan fingerprint density at radius 1 is 1.53 bits per heavy atom. The zero-order valence-electron chi connectivity index (χ0n) is 10.6. The van der Waals surface area contributed by atoms with Gasteiger partial charge in [-0.25, -0.2) is 0 Å². The molecular weight excluding hydrogens is 264 g/mol. The molecule has 0 amide bonds. The Morgan fingerprint density at radius 3 is 3.16 bits per heavy atom. The molecule has 1 aliphatic heterocycles. The lowest BCUT2D eigenvalue weighted by Crippen LogP contribution is -2.42. The largest absolute Gasteiger partial charge is 0.465 e. The van der Waals surface area contributed by atoms with E-state index in [1.54, 1.807) is 0 Å². The highest BCUT2D eigenvalue weighted by Gasteiger charge is 2.27. The third-order valence-corrected chi connectivity index (χ3v) is 3.80. The summed E-state index contributed by atoms with van der Waals surface area (Å²) in [5.41, 5.74) is 3.21. The fourth-order valence-electron chi connectivity index (χ4n) is 2.58. The maximum Gasteiger partial charge on any atom is 0.323 e. The average molecular weight is 279 g/mol. The molecule has 1 atom stereocenters. The van der Waals surface area contributed by atoms with Crippen LogP contribution in [0.4, 0.5) is 0 Å². The first-order chi connectivity index (χ1) is 9.20. The number of rotatable bonds is 2. The lowest BCUT2D eigenvalue weighted by molar-refractivity contribution is -0.145. The van der Waals surface area contributed by atoms with Crippen LogP contribution in [0.1, 0.15) is 18.2 Å². The first-order valence-electron chi connectivity index (χ1n) is 6.38. The highest BCUT2D eigenvalue weighted by Crippen LogP contribution is 2.30. The number of aromatic nitrogens is 1. The minimum atomic E-state index is -0.278. The van der Waals surface area contributed by atoms with Gasteiger partial charge in [0.15, 0.2) is 0 Å². The van der Waals surface area contributed by atoms with Crippen LogP contribution in [0.5, 0.6) is 0 Å². The summed E-state index contributed by atoms with van der Waals surface area (Å²) in [5.74, 6) is -0.196. The Morgan fingerprint density at radius 2 is 2.37 bits per heavy atom. The van der Waals surface area contributed by atoms with Crippen LogP contribution in [-0.2, 0) is 22.5 Å². The Kier molecular flexibility index (Phi) is 3.21. The van der Waals surface area contributed by atoms with Crippen LogP contribution in [0, 0.1) is 0 Å². The number of H-pyrrole nitrogens is 1. The molecule has 0 saturated carbocycles. The second-order valence-corrected chi connectivity index (χ2v) is 5.04. The molecule has 0 spiro atoms. The second kappa shape index (κ2) is 4.87. The lowest BCUT2D eigenvalue weighted by Gasteiger charge is -2.22. The maximum atomic E-state index is 11.8. The molecule has 5 heteroatoms. The number of para-hydroxylation sites is 1. The molecule has 2 heterocycles. The molecule has 2 aromatic rings. The summed E-state index contributed by atoms with van der Waals surface area (Å²) in [5, 5.41) is 5.05. The lowest BCUT2D eigenvalue weighted by atomic mass is 10.0. The molecule has 1 aromatic heterocycles. The fraction of sp³-hybridized carbons (Fsp3) is 0.357. The number of benzene rings is 1. The molecule has 1 unspecified atom stereocenters. The standard InChI is InChI=1S/C14H15ClN2O2/c1-2-19-14(18)12-6-11-9(7-16-12)8-4-3-5-10(15)13(8)17-11/h3-5,12,16-17H,2,6-7H2,1H3. The Balaban J connectivity index is 1.96. The van der Waals surface area contributed by atoms with Gasteiger partial charge in [0.25, 0.3) is 0 Å². The fourth-order valence-corrected chi connectivity index (χ4v) is 2.80. The van der Waals surface area contributed by atoms with Gasteiger partial charge < -0.3 is 9.72 Å². The summed E-state index contributed by atoms with van der Waals surface area (Å²) in [4.78, 5) is 15.1. The average Bonchev–Trinajstić information content (AvgIpc) is 2.78. The topological polar surface area (TPSA) is 54.1 Å². The van der Waals surface area contributed by atoms with Crippen LogP contribution in [0.15, 0.2) is 18.2 Å². The van der Waals surface area contributed by atoms with Gasteiger partial charge in [0.2, 0.25) is 0 Å². The minimum Gasteiger partial charge on any atom is -0.465 e. The Hall–Kier alpha value is -1.52. The smallest absolute Gasteiger partial charge is 0.323 e. The third kappa shape index (κ3) is 2.11. The summed E-state index contributed by atoms with van der Waals surface area (Å²) < 4.78 is 5.05.